The first-order valence-corrected chi connectivity index (χ1v) is 7.01. The largest absolute Gasteiger partial charge is 0.686 e. The Morgan fingerprint density at radius 3 is 1.36 bits per heavy atom. The van der Waals surface area contributed by atoms with Crippen LogP contribution in [0, 0.1) is 0 Å². The molecule has 4 N–H and O–H groups in total. The van der Waals surface area contributed by atoms with Crippen molar-refractivity contribution in [1.29, 1.82) is 0 Å². The van der Waals surface area contributed by atoms with Gasteiger partial charge < -0.3 is 43.2 Å². The summed E-state index contributed by atoms with van der Waals surface area (Å²) in [5, 5.41) is 31.9. The van der Waals surface area contributed by atoms with Crippen molar-refractivity contribution in [3.63, 3.8) is 0 Å². The number of hydrogen-bond acceptors (Lipinski definition) is 10. The Balaban J connectivity index is -0.000000122. The lowest BCUT2D eigenvalue weighted by Gasteiger charge is -2.28. The van der Waals surface area contributed by atoms with Crippen LogP contribution in [0.3, 0.4) is 0 Å². The average Bonchev–Trinajstić information content (AvgIpc) is 2.46. The van der Waals surface area contributed by atoms with Crippen LogP contribution in [0.4, 0.5) is 0 Å². The standard InChI is InChI=1S/C6H16O8Si.C2H6O.CH4O.2CH4/c1-9-6(10-2)14-15(11-3,12-4)13-5(7)8;1-2-3;1-2;;/h5-8H,1-4H3;3H,2H2,1H3;2H,1H3;2*1H4. The Hall–Kier alpha value is -0.183. The molecule has 0 aromatic rings. The highest BCUT2D eigenvalue weighted by Crippen LogP contribution is 2.14. The molecule has 0 radical (unpaired) electrons. The Bertz CT molecular complexity index is 176. The fraction of sp³-hybridized carbons (Fsp3) is 1.00. The van der Waals surface area contributed by atoms with E-state index in [2.05, 4.69) is 4.43 Å². The van der Waals surface area contributed by atoms with E-state index in [0.29, 0.717) is 0 Å². The summed E-state index contributed by atoms with van der Waals surface area (Å²) in [4.78, 5) is 0. The summed E-state index contributed by atoms with van der Waals surface area (Å²) in [5.41, 5.74) is 0. The molecule has 0 rings (SSSR count). The number of hydrogen-bond donors (Lipinski definition) is 4. The van der Waals surface area contributed by atoms with Gasteiger partial charge in [0, 0.05) is 42.2 Å². The Morgan fingerprint density at radius 2 is 1.18 bits per heavy atom. The van der Waals surface area contributed by atoms with Crippen molar-refractivity contribution in [1.82, 2.24) is 0 Å². The van der Waals surface area contributed by atoms with Crippen molar-refractivity contribution in [3.05, 3.63) is 0 Å². The fourth-order valence-corrected chi connectivity index (χ4v) is 2.04. The second-order valence-electron chi connectivity index (χ2n) is 2.55. The molecule has 0 saturated heterocycles. The molecule has 0 saturated carbocycles. The van der Waals surface area contributed by atoms with Crippen LogP contribution in [-0.4, -0.2) is 84.6 Å². The molecule has 142 valence electrons. The van der Waals surface area contributed by atoms with Gasteiger partial charge in [0.15, 0.2) is 0 Å². The van der Waals surface area contributed by atoms with Gasteiger partial charge in [-0.15, -0.1) is 0 Å². The van der Waals surface area contributed by atoms with Gasteiger partial charge in [0.2, 0.25) is 0 Å². The molecule has 11 heteroatoms. The van der Waals surface area contributed by atoms with Crippen LogP contribution in [0.25, 0.3) is 0 Å². The van der Waals surface area contributed by atoms with Gasteiger partial charge in [0.05, 0.1) is 0 Å². The minimum atomic E-state index is -3.66. The maximum Gasteiger partial charge on any atom is 0.686 e. The summed E-state index contributed by atoms with van der Waals surface area (Å²) in [5.74, 6) is 0. The molecule has 22 heavy (non-hydrogen) atoms. The first-order chi connectivity index (χ1) is 9.44. The van der Waals surface area contributed by atoms with Crippen molar-refractivity contribution in [2.45, 2.75) is 34.7 Å². The summed E-state index contributed by atoms with van der Waals surface area (Å²) in [6.45, 7) is -1.23. The van der Waals surface area contributed by atoms with E-state index < -0.39 is 22.0 Å². The van der Waals surface area contributed by atoms with Gasteiger partial charge in [0.25, 0.3) is 13.0 Å². The normalized spacial score (nSPS) is 9.82. The maximum atomic E-state index is 8.65. The Labute approximate surface area is 134 Å². The van der Waals surface area contributed by atoms with Crippen molar-refractivity contribution in [2.75, 3.05) is 42.2 Å². The number of rotatable bonds is 8. The smallest absolute Gasteiger partial charge is 0.400 e. The number of methoxy groups -OCH3 is 2. The SMILES string of the molecule is C.C.CCO.CO.COC(OC)O[Si](OC)(OC)OC(O)O. The summed E-state index contributed by atoms with van der Waals surface area (Å²) in [7, 11) is 2.47. The van der Waals surface area contributed by atoms with Gasteiger partial charge in [0.1, 0.15) is 0 Å². The van der Waals surface area contributed by atoms with Crippen molar-refractivity contribution in [2.24, 2.45) is 0 Å². The van der Waals surface area contributed by atoms with E-state index in [4.69, 9.17) is 43.2 Å². The molecule has 0 aliphatic rings. The monoisotopic (exact) mass is 354 g/mol. The molecule has 0 aliphatic heterocycles. The maximum absolute atomic E-state index is 8.65. The second kappa shape index (κ2) is 23.1. The van der Waals surface area contributed by atoms with Crippen LogP contribution < -0.4 is 0 Å². The number of aliphatic hydroxyl groups is 4. The molecule has 10 nitrogen and oxygen atoms in total. The second-order valence-corrected chi connectivity index (χ2v) is 4.83. The van der Waals surface area contributed by atoms with E-state index in [-0.39, 0.29) is 21.5 Å². The van der Waals surface area contributed by atoms with Gasteiger partial charge in [-0.25, -0.2) is 0 Å². The molecule has 0 bridgehead atoms. The van der Waals surface area contributed by atoms with Crippen LogP contribution in [0.5, 0.6) is 0 Å². The highest BCUT2D eigenvalue weighted by atomic mass is 28.4. The molecular formula is C11H34O10Si. The van der Waals surface area contributed by atoms with Gasteiger partial charge in [-0.1, -0.05) is 14.9 Å². The molecule has 0 spiro atoms. The van der Waals surface area contributed by atoms with Crippen molar-refractivity contribution < 1.29 is 47.6 Å². The van der Waals surface area contributed by atoms with Crippen molar-refractivity contribution >= 4 is 9.05 Å². The van der Waals surface area contributed by atoms with Crippen LogP contribution in [0.15, 0.2) is 0 Å². The third-order valence-corrected chi connectivity index (χ3v) is 3.36. The molecule has 0 aromatic carbocycles. The molecule has 0 fully saturated rings. The summed E-state index contributed by atoms with van der Waals surface area (Å²) in [6.07, 6.45) is 0. The lowest BCUT2D eigenvalue weighted by atomic mass is 10.9. The van der Waals surface area contributed by atoms with Crippen LogP contribution in [-0.2, 0) is 27.2 Å². The summed E-state index contributed by atoms with van der Waals surface area (Å²) >= 11 is 0. The topological polar surface area (TPSA) is 136 Å². The van der Waals surface area contributed by atoms with Crippen LogP contribution in [0.1, 0.15) is 21.8 Å². The fourth-order valence-electron chi connectivity index (χ4n) is 0.743. The zero-order valence-corrected chi connectivity index (χ0v) is 13.6. The highest BCUT2D eigenvalue weighted by Gasteiger charge is 2.48. The Morgan fingerprint density at radius 1 is 0.864 bits per heavy atom. The van der Waals surface area contributed by atoms with Crippen molar-refractivity contribution in [3.8, 4) is 0 Å². The summed E-state index contributed by atoms with van der Waals surface area (Å²) in [6, 6.07) is 0. The molecule has 0 heterocycles. The van der Waals surface area contributed by atoms with Gasteiger partial charge in [-0.05, 0) is 6.92 Å². The van der Waals surface area contributed by atoms with E-state index >= 15 is 0 Å². The van der Waals surface area contributed by atoms with E-state index in [1.807, 2.05) is 0 Å². The minimum absolute atomic E-state index is 0. The molecule has 0 aromatic heterocycles. The van der Waals surface area contributed by atoms with E-state index in [0.717, 1.165) is 7.11 Å². The van der Waals surface area contributed by atoms with Gasteiger partial charge in [-0.3, -0.25) is 4.43 Å². The first kappa shape index (κ1) is 33.4. The molecular weight excluding hydrogens is 320 g/mol. The lowest BCUT2D eigenvalue weighted by Crippen LogP contribution is -2.52. The zero-order valence-electron chi connectivity index (χ0n) is 12.6. The Kier molecular flexibility index (Phi) is 35.1. The quantitative estimate of drug-likeness (QED) is 0.332. The van der Waals surface area contributed by atoms with Crippen LogP contribution >= 0.6 is 0 Å². The lowest BCUT2D eigenvalue weighted by molar-refractivity contribution is -0.280. The minimum Gasteiger partial charge on any atom is -0.400 e. The predicted molar refractivity (Wildman–Crippen MR) is 82.3 cm³/mol. The van der Waals surface area contributed by atoms with Gasteiger partial charge >= 0.3 is 9.05 Å². The number of aliphatic hydroxyl groups excluding tert-OH is 3. The van der Waals surface area contributed by atoms with E-state index in [1.54, 1.807) is 6.92 Å². The predicted octanol–water partition coefficient (Wildman–Crippen LogP) is -0.528. The van der Waals surface area contributed by atoms with E-state index in [9.17, 15) is 0 Å². The third kappa shape index (κ3) is 17.9. The molecule has 0 atom stereocenters. The molecule has 0 unspecified atom stereocenters. The van der Waals surface area contributed by atoms with Crippen LogP contribution in [0.2, 0.25) is 0 Å². The zero-order chi connectivity index (χ0) is 16.6. The van der Waals surface area contributed by atoms with E-state index in [1.165, 1.54) is 28.4 Å². The third-order valence-electron chi connectivity index (χ3n) is 1.38. The number of ether oxygens (including phenoxy) is 2. The average molecular weight is 354 g/mol. The van der Waals surface area contributed by atoms with Gasteiger partial charge in [-0.2, -0.15) is 0 Å². The molecule has 0 amide bonds. The molecule has 0 aliphatic carbocycles. The first-order valence-electron chi connectivity index (χ1n) is 5.38. The highest BCUT2D eigenvalue weighted by molar-refractivity contribution is 6.53. The summed E-state index contributed by atoms with van der Waals surface area (Å²) < 4.78 is 28.8.